The maximum absolute atomic E-state index is 11.9. The van der Waals surface area contributed by atoms with Crippen LogP contribution in [0.2, 0.25) is 0 Å². The van der Waals surface area contributed by atoms with Gasteiger partial charge in [0.15, 0.2) is 5.78 Å². The average Bonchev–Trinajstić information content (AvgIpc) is 2.65. The molecule has 3 rings (SSSR count). The lowest BCUT2D eigenvalue weighted by Gasteiger charge is -2.42. The molecule has 3 aliphatic carbocycles. The van der Waals surface area contributed by atoms with Gasteiger partial charge in [-0.2, -0.15) is 0 Å². The van der Waals surface area contributed by atoms with Gasteiger partial charge < -0.3 is 0 Å². The quantitative estimate of drug-likeness (QED) is 0.516. The largest absolute Gasteiger partial charge is 0.294 e. The highest BCUT2D eigenvalue weighted by molar-refractivity contribution is 5.99. The number of carbonyl (C=O) groups excluding carboxylic acids is 1. The lowest BCUT2D eigenvalue weighted by atomic mass is 9.59. The van der Waals surface area contributed by atoms with E-state index in [1.165, 1.54) is 19.3 Å². The Bertz CT molecular complexity index is 326. The molecule has 0 aromatic heterocycles. The van der Waals surface area contributed by atoms with Crippen molar-refractivity contribution in [3.63, 3.8) is 0 Å². The number of carbonyl (C=O) groups is 1. The van der Waals surface area contributed by atoms with Gasteiger partial charge in [0.25, 0.3) is 0 Å². The Morgan fingerprint density at radius 2 is 2.00 bits per heavy atom. The van der Waals surface area contributed by atoms with Gasteiger partial charge in [-0.1, -0.05) is 31.1 Å². The van der Waals surface area contributed by atoms with E-state index in [2.05, 4.69) is 18.2 Å². The van der Waals surface area contributed by atoms with E-state index in [0.717, 1.165) is 12.8 Å². The molecule has 1 nitrogen and oxygen atoms in total. The van der Waals surface area contributed by atoms with E-state index < -0.39 is 0 Å². The number of allylic oxidation sites excluding steroid dienone is 4. The van der Waals surface area contributed by atoms with Crippen molar-refractivity contribution in [2.24, 2.45) is 10.8 Å². The third-order valence-electron chi connectivity index (χ3n) is 4.22. The van der Waals surface area contributed by atoms with Crippen LogP contribution in [0.3, 0.4) is 0 Å². The van der Waals surface area contributed by atoms with Gasteiger partial charge in [-0.15, -0.1) is 0 Å². The second kappa shape index (κ2) is 2.14. The van der Waals surface area contributed by atoms with Crippen molar-refractivity contribution >= 4 is 5.78 Å². The minimum Gasteiger partial charge on any atom is -0.294 e. The third kappa shape index (κ3) is 0.676. The Balaban J connectivity index is 2.15. The van der Waals surface area contributed by atoms with Crippen molar-refractivity contribution in [3.8, 4) is 0 Å². The van der Waals surface area contributed by atoms with E-state index in [4.69, 9.17) is 0 Å². The first-order valence-electron chi connectivity index (χ1n) is 5.21. The molecule has 0 unspecified atom stereocenters. The van der Waals surface area contributed by atoms with Crippen LogP contribution < -0.4 is 0 Å². The molecule has 2 atom stereocenters. The summed E-state index contributed by atoms with van der Waals surface area (Å²) in [6.07, 6.45) is 14.3. The summed E-state index contributed by atoms with van der Waals surface area (Å²) in [5.74, 6) is 0.386. The van der Waals surface area contributed by atoms with Gasteiger partial charge in [-0.25, -0.2) is 0 Å². The van der Waals surface area contributed by atoms with Crippen LogP contribution in [0, 0.1) is 10.8 Å². The van der Waals surface area contributed by atoms with Crippen LogP contribution in [0.15, 0.2) is 24.3 Å². The van der Waals surface area contributed by atoms with Crippen molar-refractivity contribution in [1.29, 1.82) is 0 Å². The highest BCUT2D eigenvalue weighted by atomic mass is 16.1. The number of ketones is 1. The molecule has 0 heterocycles. The summed E-state index contributed by atoms with van der Waals surface area (Å²) in [5, 5.41) is 0. The van der Waals surface area contributed by atoms with E-state index in [1.54, 1.807) is 0 Å². The molecule has 0 aromatic carbocycles. The fourth-order valence-corrected chi connectivity index (χ4v) is 3.46. The molecule has 68 valence electrons. The van der Waals surface area contributed by atoms with E-state index in [1.807, 2.05) is 6.08 Å². The number of hydrogen-bond acceptors (Lipinski definition) is 1. The van der Waals surface area contributed by atoms with Crippen LogP contribution in [0.25, 0.3) is 0 Å². The normalized spacial score (nSPS) is 46.6. The predicted molar refractivity (Wildman–Crippen MR) is 51.2 cm³/mol. The van der Waals surface area contributed by atoms with Gasteiger partial charge in [0.2, 0.25) is 0 Å². The summed E-state index contributed by atoms with van der Waals surface area (Å²) < 4.78 is 0. The van der Waals surface area contributed by atoms with Crippen LogP contribution >= 0.6 is 0 Å². The third-order valence-corrected chi connectivity index (χ3v) is 4.22. The average molecular weight is 174 g/mol. The predicted octanol–water partition coefficient (Wildman–Crippen LogP) is 2.63. The molecule has 0 bridgehead atoms. The molecule has 13 heavy (non-hydrogen) atoms. The Morgan fingerprint density at radius 1 is 1.15 bits per heavy atom. The monoisotopic (exact) mass is 174 g/mol. The molecule has 0 aromatic rings. The molecule has 0 N–H and O–H groups in total. The highest BCUT2D eigenvalue weighted by Gasteiger charge is 2.58. The van der Waals surface area contributed by atoms with Gasteiger partial charge in [-0.3, -0.25) is 4.79 Å². The lowest BCUT2D eigenvalue weighted by molar-refractivity contribution is -0.127. The second-order valence-corrected chi connectivity index (χ2v) is 4.63. The first-order valence-corrected chi connectivity index (χ1v) is 5.21. The Hall–Kier alpha value is -0.850. The van der Waals surface area contributed by atoms with Crippen LogP contribution in [-0.4, -0.2) is 5.78 Å². The number of rotatable bonds is 0. The molecule has 0 aliphatic heterocycles. The van der Waals surface area contributed by atoms with Gasteiger partial charge in [0.05, 0.1) is 0 Å². The molecule has 0 amide bonds. The molecule has 1 heteroatoms. The molecule has 3 aliphatic rings. The maximum Gasteiger partial charge on any atom is 0.163 e. The molecular weight excluding hydrogens is 160 g/mol. The summed E-state index contributed by atoms with van der Waals surface area (Å²) in [4.78, 5) is 11.9. The van der Waals surface area contributed by atoms with Crippen LogP contribution in [-0.2, 0) is 4.79 Å². The molecule has 0 spiro atoms. The SMILES string of the molecule is O=C1C=C[C@]23C=CC[C@]12CCCC3. The summed E-state index contributed by atoms with van der Waals surface area (Å²) in [6.45, 7) is 0. The van der Waals surface area contributed by atoms with E-state index >= 15 is 0 Å². The zero-order chi connectivity index (χ0) is 8.94. The van der Waals surface area contributed by atoms with Crippen LogP contribution in [0.4, 0.5) is 0 Å². The molecular formula is C12H14O. The van der Waals surface area contributed by atoms with E-state index in [0.29, 0.717) is 5.78 Å². The van der Waals surface area contributed by atoms with Crippen LogP contribution in [0.5, 0.6) is 0 Å². The summed E-state index contributed by atoms with van der Waals surface area (Å²) in [5.41, 5.74) is 0.119. The van der Waals surface area contributed by atoms with Crippen molar-refractivity contribution in [2.75, 3.05) is 0 Å². The van der Waals surface area contributed by atoms with Gasteiger partial charge >= 0.3 is 0 Å². The molecule has 0 radical (unpaired) electrons. The number of hydrogen-bond donors (Lipinski definition) is 0. The minimum atomic E-state index is -0.0226. The molecule has 0 saturated heterocycles. The van der Waals surface area contributed by atoms with Crippen molar-refractivity contribution in [3.05, 3.63) is 24.3 Å². The second-order valence-electron chi connectivity index (χ2n) is 4.63. The smallest absolute Gasteiger partial charge is 0.163 e. The zero-order valence-corrected chi connectivity index (χ0v) is 7.75. The van der Waals surface area contributed by atoms with Crippen molar-refractivity contribution in [1.82, 2.24) is 0 Å². The fraction of sp³-hybridized carbons (Fsp3) is 0.583. The zero-order valence-electron chi connectivity index (χ0n) is 7.75. The Morgan fingerprint density at radius 3 is 2.85 bits per heavy atom. The topological polar surface area (TPSA) is 17.1 Å². The maximum atomic E-state index is 11.9. The first kappa shape index (κ1) is 7.54. The minimum absolute atomic E-state index is 0.0226. The highest BCUT2D eigenvalue weighted by Crippen LogP contribution is 2.61. The standard InChI is InChI=1S/C12H14O/c13-10-4-9-11-5-1-2-7-12(10,11)8-3-6-11/h3-4,6,9H,1-2,5,7-8H2/t11-,12+/m0/s1. The Labute approximate surface area is 78.5 Å². The van der Waals surface area contributed by atoms with E-state index in [-0.39, 0.29) is 10.8 Å². The van der Waals surface area contributed by atoms with Crippen molar-refractivity contribution < 1.29 is 4.79 Å². The summed E-state index contributed by atoms with van der Waals surface area (Å²) in [7, 11) is 0. The summed E-state index contributed by atoms with van der Waals surface area (Å²) in [6, 6.07) is 0. The van der Waals surface area contributed by atoms with Gasteiger partial charge in [0, 0.05) is 10.8 Å². The summed E-state index contributed by atoms with van der Waals surface area (Å²) >= 11 is 0. The molecule has 1 saturated carbocycles. The fourth-order valence-electron chi connectivity index (χ4n) is 3.46. The van der Waals surface area contributed by atoms with Crippen LogP contribution in [0.1, 0.15) is 32.1 Å². The first-order chi connectivity index (χ1) is 6.29. The lowest BCUT2D eigenvalue weighted by Crippen LogP contribution is -2.40. The Kier molecular flexibility index (Phi) is 1.24. The van der Waals surface area contributed by atoms with Gasteiger partial charge in [0.1, 0.15) is 0 Å². The van der Waals surface area contributed by atoms with E-state index in [9.17, 15) is 4.79 Å². The van der Waals surface area contributed by atoms with Crippen molar-refractivity contribution in [2.45, 2.75) is 32.1 Å². The van der Waals surface area contributed by atoms with Gasteiger partial charge in [-0.05, 0) is 25.3 Å². The molecule has 1 fully saturated rings.